The van der Waals surface area contributed by atoms with Crippen molar-refractivity contribution in [1.29, 1.82) is 0 Å². The van der Waals surface area contributed by atoms with Gasteiger partial charge in [0.05, 0.1) is 10.5 Å². The van der Waals surface area contributed by atoms with Gasteiger partial charge in [-0.1, -0.05) is 27.5 Å². The maximum absolute atomic E-state index is 6.03. The molecule has 0 saturated heterocycles. The summed E-state index contributed by atoms with van der Waals surface area (Å²) in [5, 5.41) is 1.89. The molecule has 0 aliphatic rings. The van der Waals surface area contributed by atoms with Crippen LogP contribution in [0.3, 0.4) is 0 Å². The lowest BCUT2D eigenvalue weighted by Crippen LogP contribution is -1.83. The number of fused-ring (bicyclic) bond motifs is 1. The Hall–Kier alpha value is -0.470. The van der Waals surface area contributed by atoms with E-state index in [9.17, 15) is 0 Å². The van der Waals surface area contributed by atoms with E-state index in [-0.39, 0.29) is 0 Å². The van der Waals surface area contributed by atoms with Crippen LogP contribution in [-0.4, -0.2) is 4.57 Å². The second-order valence-corrected chi connectivity index (χ2v) is 4.07. The highest BCUT2D eigenvalue weighted by Gasteiger charge is 2.02. The van der Waals surface area contributed by atoms with E-state index in [0.29, 0.717) is 0 Å². The summed E-state index contributed by atoms with van der Waals surface area (Å²) in [6, 6.07) is 5.98. The zero-order valence-electron chi connectivity index (χ0n) is 6.51. The van der Waals surface area contributed by atoms with Crippen molar-refractivity contribution in [3.63, 3.8) is 0 Å². The van der Waals surface area contributed by atoms with Crippen molar-refractivity contribution in [3.05, 3.63) is 33.9 Å². The lowest BCUT2D eigenvalue weighted by molar-refractivity contribution is 0.969. The third-order valence-electron chi connectivity index (χ3n) is 1.92. The van der Waals surface area contributed by atoms with Gasteiger partial charge < -0.3 is 4.57 Å². The Balaban J connectivity index is 2.92. The molecular formula is C9H7BrClN. The molecule has 2 aromatic rings. The first-order valence-corrected chi connectivity index (χ1v) is 4.75. The Labute approximate surface area is 84.1 Å². The van der Waals surface area contributed by atoms with Crippen LogP contribution in [0, 0.1) is 0 Å². The topological polar surface area (TPSA) is 4.93 Å². The largest absolute Gasteiger partial charge is 0.350 e. The molecule has 0 unspecified atom stereocenters. The van der Waals surface area contributed by atoms with Crippen molar-refractivity contribution in [2.24, 2.45) is 7.05 Å². The van der Waals surface area contributed by atoms with Crippen LogP contribution < -0.4 is 0 Å². The summed E-state index contributed by atoms with van der Waals surface area (Å²) in [5.41, 5.74) is 1.15. The molecule has 0 aliphatic carbocycles. The van der Waals surface area contributed by atoms with Gasteiger partial charge in [-0.3, -0.25) is 0 Å². The Morgan fingerprint density at radius 1 is 1.42 bits per heavy atom. The van der Waals surface area contributed by atoms with E-state index >= 15 is 0 Å². The summed E-state index contributed by atoms with van der Waals surface area (Å²) in [4.78, 5) is 0. The Morgan fingerprint density at radius 3 is 2.92 bits per heavy atom. The van der Waals surface area contributed by atoms with Crippen LogP contribution in [0.4, 0.5) is 0 Å². The molecule has 0 fully saturated rings. The average Bonchev–Trinajstić information content (AvgIpc) is 2.33. The van der Waals surface area contributed by atoms with Gasteiger partial charge in [-0.2, -0.15) is 0 Å². The van der Waals surface area contributed by atoms with Gasteiger partial charge in [0.1, 0.15) is 0 Å². The highest BCUT2D eigenvalue weighted by Crippen LogP contribution is 2.28. The molecule has 0 saturated carbocycles. The first-order chi connectivity index (χ1) is 5.68. The van der Waals surface area contributed by atoms with Gasteiger partial charge in [-0.25, -0.2) is 0 Å². The lowest BCUT2D eigenvalue weighted by atomic mass is 10.2. The van der Waals surface area contributed by atoms with Crippen LogP contribution in [0.2, 0.25) is 5.02 Å². The number of halogens is 2. The van der Waals surface area contributed by atoms with Crippen molar-refractivity contribution in [2.75, 3.05) is 0 Å². The second-order valence-electron chi connectivity index (χ2n) is 2.75. The number of aromatic nitrogens is 1. The number of nitrogens with zero attached hydrogens (tertiary/aromatic N) is 1. The third-order valence-corrected chi connectivity index (χ3v) is 2.69. The number of aryl methyl sites for hydroxylation is 1. The SMILES string of the molecule is Cn1ccc2c(Cl)cc(Br)cc21. The minimum Gasteiger partial charge on any atom is -0.350 e. The minimum atomic E-state index is 0.792. The van der Waals surface area contributed by atoms with Gasteiger partial charge in [0.15, 0.2) is 0 Å². The zero-order chi connectivity index (χ0) is 8.72. The lowest BCUT2D eigenvalue weighted by Gasteiger charge is -1.98. The quantitative estimate of drug-likeness (QED) is 0.667. The Morgan fingerprint density at radius 2 is 2.17 bits per heavy atom. The number of hydrogen-bond acceptors (Lipinski definition) is 0. The molecule has 1 aromatic heterocycles. The summed E-state index contributed by atoms with van der Waals surface area (Å²) >= 11 is 9.44. The molecule has 0 bridgehead atoms. The third kappa shape index (κ3) is 1.15. The maximum atomic E-state index is 6.03. The zero-order valence-corrected chi connectivity index (χ0v) is 8.85. The molecule has 1 heterocycles. The van der Waals surface area contributed by atoms with Crippen LogP contribution in [0.1, 0.15) is 0 Å². The van der Waals surface area contributed by atoms with Crippen molar-refractivity contribution < 1.29 is 0 Å². The molecule has 12 heavy (non-hydrogen) atoms. The van der Waals surface area contributed by atoms with Gasteiger partial charge >= 0.3 is 0 Å². The van der Waals surface area contributed by atoms with Gasteiger partial charge in [0, 0.05) is 23.1 Å². The molecule has 0 spiro atoms. The van der Waals surface area contributed by atoms with E-state index in [1.165, 1.54) is 0 Å². The molecule has 0 amide bonds. The summed E-state index contributed by atoms with van der Waals surface area (Å²) in [6.45, 7) is 0. The van der Waals surface area contributed by atoms with E-state index in [2.05, 4.69) is 22.0 Å². The van der Waals surface area contributed by atoms with E-state index in [1.807, 2.05) is 29.9 Å². The normalized spacial score (nSPS) is 10.9. The Kier molecular flexibility index (Phi) is 1.89. The molecule has 62 valence electrons. The fourth-order valence-electron chi connectivity index (χ4n) is 1.29. The molecular weight excluding hydrogens is 237 g/mol. The number of rotatable bonds is 0. The van der Waals surface area contributed by atoms with Gasteiger partial charge in [0.2, 0.25) is 0 Å². The standard InChI is InChI=1S/C9H7BrClN/c1-12-3-2-7-8(11)4-6(10)5-9(7)12/h2-5H,1H3. The van der Waals surface area contributed by atoms with Crippen LogP contribution in [0.5, 0.6) is 0 Å². The highest BCUT2D eigenvalue weighted by molar-refractivity contribution is 9.10. The van der Waals surface area contributed by atoms with E-state index < -0.39 is 0 Å². The molecule has 1 aromatic carbocycles. The van der Waals surface area contributed by atoms with E-state index in [4.69, 9.17) is 11.6 Å². The predicted octanol–water partition coefficient (Wildman–Crippen LogP) is 3.59. The molecule has 3 heteroatoms. The Bertz CT molecular complexity index is 433. The van der Waals surface area contributed by atoms with Crippen molar-refractivity contribution >= 4 is 38.4 Å². The first-order valence-electron chi connectivity index (χ1n) is 3.58. The molecule has 0 atom stereocenters. The molecule has 2 rings (SSSR count). The fraction of sp³-hybridized carbons (Fsp3) is 0.111. The highest BCUT2D eigenvalue weighted by atomic mass is 79.9. The van der Waals surface area contributed by atoms with Crippen molar-refractivity contribution in [1.82, 2.24) is 4.57 Å². The smallest absolute Gasteiger partial charge is 0.0511 e. The second kappa shape index (κ2) is 2.79. The van der Waals surface area contributed by atoms with Crippen LogP contribution in [-0.2, 0) is 7.05 Å². The average molecular weight is 245 g/mol. The van der Waals surface area contributed by atoms with E-state index in [1.54, 1.807) is 0 Å². The molecule has 0 radical (unpaired) electrons. The van der Waals surface area contributed by atoms with Crippen molar-refractivity contribution in [2.45, 2.75) is 0 Å². The van der Waals surface area contributed by atoms with Gasteiger partial charge in [-0.15, -0.1) is 0 Å². The van der Waals surface area contributed by atoms with Crippen molar-refractivity contribution in [3.8, 4) is 0 Å². The summed E-state index contributed by atoms with van der Waals surface area (Å²) in [6.07, 6.45) is 2.00. The summed E-state index contributed by atoms with van der Waals surface area (Å²) in [7, 11) is 2.01. The van der Waals surface area contributed by atoms with Crippen LogP contribution in [0.25, 0.3) is 10.9 Å². The fourth-order valence-corrected chi connectivity index (χ4v) is 2.15. The van der Waals surface area contributed by atoms with Gasteiger partial charge in [-0.05, 0) is 18.2 Å². The van der Waals surface area contributed by atoms with E-state index in [0.717, 1.165) is 20.4 Å². The number of hydrogen-bond donors (Lipinski definition) is 0. The molecule has 1 nitrogen and oxygen atoms in total. The monoisotopic (exact) mass is 243 g/mol. The maximum Gasteiger partial charge on any atom is 0.0511 e. The summed E-state index contributed by atoms with van der Waals surface area (Å²) < 4.78 is 3.06. The van der Waals surface area contributed by atoms with Crippen LogP contribution >= 0.6 is 27.5 Å². The molecule has 0 N–H and O–H groups in total. The first kappa shape index (κ1) is 8.14. The van der Waals surface area contributed by atoms with Gasteiger partial charge in [0.25, 0.3) is 0 Å². The summed E-state index contributed by atoms with van der Waals surface area (Å²) in [5.74, 6) is 0. The number of benzene rings is 1. The minimum absolute atomic E-state index is 0.792. The van der Waals surface area contributed by atoms with Crippen LogP contribution in [0.15, 0.2) is 28.9 Å². The molecule has 0 aliphatic heterocycles. The predicted molar refractivity (Wildman–Crippen MR) is 55.6 cm³/mol.